The molecule has 1 aromatic heterocycles. The van der Waals surface area contributed by atoms with Crippen LogP contribution < -0.4 is 5.73 Å². The molecule has 1 aromatic carbocycles. The number of rotatable bonds is 5. The number of nitrogens with zero attached hydrogens (tertiary/aromatic N) is 4. The number of aliphatic hydroxyl groups excluding tert-OH is 1. The van der Waals surface area contributed by atoms with E-state index in [9.17, 15) is 9.90 Å². The first-order valence-corrected chi connectivity index (χ1v) is 11.3. The van der Waals surface area contributed by atoms with Gasteiger partial charge in [0.15, 0.2) is 0 Å². The van der Waals surface area contributed by atoms with E-state index in [1.165, 1.54) is 18.4 Å². The van der Waals surface area contributed by atoms with E-state index in [1.807, 2.05) is 16.8 Å². The van der Waals surface area contributed by atoms with E-state index in [-0.39, 0.29) is 12.0 Å². The Morgan fingerprint density at radius 2 is 1.77 bits per heavy atom. The quantitative estimate of drug-likeness (QED) is 0.791. The van der Waals surface area contributed by atoms with Gasteiger partial charge in [0.2, 0.25) is 5.91 Å². The van der Waals surface area contributed by atoms with E-state index in [2.05, 4.69) is 27.5 Å². The van der Waals surface area contributed by atoms with Crippen molar-refractivity contribution in [2.45, 2.75) is 88.1 Å². The first-order chi connectivity index (χ1) is 14.6. The van der Waals surface area contributed by atoms with Gasteiger partial charge in [-0.2, -0.15) is 0 Å². The summed E-state index contributed by atoms with van der Waals surface area (Å²) in [6, 6.07) is 9.35. The van der Waals surface area contributed by atoms with Crippen LogP contribution in [0.1, 0.15) is 84.9 Å². The van der Waals surface area contributed by atoms with Crippen molar-refractivity contribution < 1.29 is 9.90 Å². The predicted molar refractivity (Wildman–Crippen MR) is 113 cm³/mol. The van der Waals surface area contributed by atoms with Gasteiger partial charge in [0.1, 0.15) is 0 Å². The summed E-state index contributed by atoms with van der Waals surface area (Å²) in [6.45, 7) is 0.860. The largest absolute Gasteiger partial charge is 0.393 e. The van der Waals surface area contributed by atoms with Gasteiger partial charge in [-0.05, 0) is 75.0 Å². The van der Waals surface area contributed by atoms with Crippen molar-refractivity contribution in [3.05, 3.63) is 47.3 Å². The van der Waals surface area contributed by atoms with Gasteiger partial charge in [-0.15, -0.1) is 5.10 Å². The van der Waals surface area contributed by atoms with E-state index in [0.29, 0.717) is 29.6 Å². The first-order valence-electron chi connectivity index (χ1n) is 11.3. The second-order valence-electron chi connectivity index (χ2n) is 9.37. The highest BCUT2D eigenvalue weighted by molar-refractivity contribution is 5.92. The lowest BCUT2D eigenvalue weighted by Gasteiger charge is -2.38. The fraction of sp³-hybridized carbons (Fsp3) is 0.609. The van der Waals surface area contributed by atoms with Crippen LogP contribution in [-0.2, 0) is 6.54 Å². The van der Waals surface area contributed by atoms with E-state index >= 15 is 0 Å². The van der Waals surface area contributed by atoms with Crippen molar-refractivity contribution in [1.29, 1.82) is 0 Å². The van der Waals surface area contributed by atoms with Crippen LogP contribution in [0.4, 0.5) is 0 Å². The van der Waals surface area contributed by atoms with Crippen molar-refractivity contribution in [3.63, 3.8) is 0 Å². The maximum atomic E-state index is 11.6. The number of hydrogen-bond acceptors (Lipinski definition) is 5. The van der Waals surface area contributed by atoms with Crippen molar-refractivity contribution in [2.24, 2.45) is 5.73 Å². The minimum absolute atomic E-state index is 0.148. The molecule has 1 aliphatic carbocycles. The van der Waals surface area contributed by atoms with E-state index in [4.69, 9.17) is 5.73 Å². The summed E-state index contributed by atoms with van der Waals surface area (Å²) in [6.07, 6.45) is 10.3. The highest BCUT2D eigenvalue weighted by Crippen LogP contribution is 2.43. The summed E-state index contributed by atoms with van der Waals surface area (Å²) in [5, 5.41) is 18.6. The summed E-state index contributed by atoms with van der Waals surface area (Å²) in [4.78, 5) is 14.2. The Morgan fingerprint density at radius 1 is 1.07 bits per heavy atom. The average molecular weight is 410 g/mol. The lowest BCUT2D eigenvalue weighted by molar-refractivity contribution is 0.0999. The van der Waals surface area contributed by atoms with Crippen molar-refractivity contribution in [1.82, 2.24) is 19.9 Å². The molecule has 1 amide bonds. The Kier molecular flexibility index (Phi) is 5.33. The molecule has 2 saturated heterocycles. The van der Waals surface area contributed by atoms with Crippen molar-refractivity contribution >= 4 is 5.91 Å². The van der Waals surface area contributed by atoms with Gasteiger partial charge < -0.3 is 10.8 Å². The van der Waals surface area contributed by atoms with Crippen LogP contribution in [0, 0.1) is 0 Å². The number of amides is 1. The normalized spacial score (nSPS) is 31.7. The number of aromatic nitrogens is 3. The van der Waals surface area contributed by atoms with Gasteiger partial charge >= 0.3 is 0 Å². The molecule has 3 N–H and O–H groups in total. The number of carbonyl (C=O) groups is 1. The Hall–Kier alpha value is -2.25. The molecule has 7 nitrogen and oxygen atoms in total. The zero-order valence-corrected chi connectivity index (χ0v) is 17.4. The molecule has 2 aromatic rings. The molecule has 2 bridgehead atoms. The smallest absolute Gasteiger partial charge is 0.248 e. The molecule has 3 atom stereocenters. The first kappa shape index (κ1) is 19.7. The number of aliphatic hydroxyl groups is 1. The number of benzene rings is 1. The number of fused-ring (bicyclic) bond motifs is 2. The molecule has 5 rings (SSSR count). The van der Waals surface area contributed by atoms with Crippen LogP contribution in [0.25, 0.3) is 0 Å². The van der Waals surface area contributed by atoms with Crippen LogP contribution in [0.5, 0.6) is 0 Å². The van der Waals surface area contributed by atoms with Crippen LogP contribution in [-0.4, -0.2) is 49.1 Å². The summed E-state index contributed by atoms with van der Waals surface area (Å²) in [7, 11) is 0. The molecule has 3 heterocycles. The molecule has 160 valence electrons. The summed E-state index contributed by atoms with van der Waals surface area (Å²) in [5.74, 6) is 0.134. The molecular weight excluding hydrogens is 378 g/mol. The Labute approximate surface area is 177 Å². The molecule has 0 spiro atoms. The van der Waals surface area contributed by atoms with Gasteiger partial charge in [0, 0.05) is 24.2 Å². The summed E-state index contributed by atoms with van der Waals surface area (Å²) < 4.78 is 2.02. The van der Waals surface area contributed by atoms with Gasteiger partial charge in [0.25, 0.3) is 0 Å². The molecule has 7 heteroatoms. The Bertz CT molecular complexity index is 891. The standard InChI is InChI=1S/C23H31N5O2/c24-23(30)16-3-1-2-15(10-16)17-11-20-4-5-21(12-17)27(20)13-18-14-28(26-25-18)19-6-8-22(29)9-7-19/h1-3,10,14,17,19-22,29H,4-9,11-13H2,(H2,24,30)/t17-,19?,20+,21-,22?. The number of carbonyl (C=O) groups excluding carboxylic acids is 1. The zero-order valence-electron chi connectivity index (χ0n) is 17.4. The molecule has 0 unspecified atom stereocenters. The maximum absolute atomic E-state index is 11.6. The van der Waals surface area contributed by atoms with Gasteiger partial charge in [-0.25, -0.2) is 4.68 Å². The zero-order chi connectivity index (χ0) is 20.7. The minimum atomic E-state index is -0.354. The van der Waals surface area contributed by atoms with E-state index < -0.39 is 0 Å². The molecule has 1 saturated carbocycles. The van der Waals surface area contributed by atoms with Crippen LogP contribution >= 0.6 is 0 Å². The summed E-state index contributed by atoms with van der Waals surface area (Å²) in [5.41, 5.74) is 8.37. The second kappa shape index (κ2) is 8.12. The minimum Gasteiger partial charge on any atom is -0.393 e. The molecule has 30 heavy (non-hydrogen) atoms. The predicted octanol–water partition coefficient (Wildman–Crippen LogP) is 2.76. The molecule has 2 aliphatic heterocycles. The van der Waals surface area contributed by atoms with Gasteiger partial charge in [-0.1, -0.05) is 17.3 Å². The van der Waals surface area contributed by atoms with Gasteiger partial charge in [-0.3, -0.25) is 9.69 Å². The molecule has 3 aliphatic rings. The number of primary amides is 1. The van der Waals surface area contributed by atoms with Crippen LogP contribution in [0.3, 0.4) is 0 Å². The fourth-order valence-corrected chi connectivity index (χ4v) is 5.82. The van der Waals surface area contributed by atoms with Crippen molar-refractivity contribution in [3.8, 4) is 0 Å². The Balaban J connectivity index is 1.24. The van der Waals surface area contributed by atoms with Crippen molar-refractivity contribution in [2.75, 3.05) is 0 Å². The average Bonchev–Trinajstić information content (AvgIpc) is 3.30. The lowest BCUT2D eigenvalue weighted by Crippen LogP contribution is -2.41. The number of hydrogen-bond donors (Lipinski definition) is 2. The van der Waals surface area contributed by atoms with Gasteiger partial charge in [0.05, 0.1) is 24.0 Å². The van der Waals surface area contributed by atoms with Crippen LogP contribution in [0.2, 0.25) is 0 Å². The highest BCUT2D eigenvalue weighted by Gasteiger charge is 2.41. The van der Waals surface area contributed by atoms with Crippen LogP contribution in [0.15, 0.2) is 30.5 Å². The fourth-order valence-electron chi connectivity index (χ4n) is 5.82. The molecule has 0 radical (unpaired) electrons. The topological polar surface area (TPSA) is 97.3 Å². The number of nitrogens with two attached hydrogens (primary N) is 1. The lowest BCUT2D eigenvalue weighted by atomic mass is 9.84. The number of piperidine rings is 1. The maximum Gasteiger partial charge on any atom is 0.248 e. The third-order valence-electron chi connectivity index (χ3n) is 7.47. The SMILES string of the molecule is NC(=O)c1cccc([C@H]2C[C@H]3CC[C@@H](C2)N3Cc2cn(C3CCC(O)CC3)nn2)c1. The van der Waals surface area contributed by atoms with E-state index in [0.717, 1.165) is 50.8 Å². The molecular formula is C23H31N5O2. The molecule has 3 fully saturated rings. The highest BCUT2D eigenvalue weighted by atomic mass is 16.3. The monoisotopic (exact) mass is 409 g/mol. The van der Waals surface area contributed by atoms with E-state index in [1.54, 1.807) is 6.07 Å². The third-order valence-corrected chi connectivity index (χ3v) is 7.47. The summed E-state index contributed by atoms with van der Waals surface area (Å²) >= 11 is 0. The second-order valence-corrected chi connectivity index (χ2v) is 9.37. The Morgan fingerprint density at radius 3 is 2.47 bits per heavy atom. The third kappa shape index (κ3) is 3.88.